The number of fused-ring (bicyclic) bond motifs is 2. The number of rotatable bonds is 4. The van der Waals surface area contributed by atoms with Gasteiger partial charge in [-0.2, -0.15) is 10.2 Å². The topological polar surface area (TPSA) is 57.0 Å². The zero-order valence-corrected chi connectivity index (χ0v) is 22.3. The molecule has 0 radical (unpaired) electrons. The Kier molecular flexibility index (Phi) is 6.58. The summed E-state index contributed by atoms with van der Waals surface area (Å²) in [5.74, 6) is -2.22. The van der Waals surface area contributed by atoms with Crippen LogP contribution in [-0.4, -0.2) is 64.4 Å². The van der Waals surface area contributed by atoms with Crippen molar-refractivity contribution >= 4 is 23.6 Å². The number of carbonyl (C=O) groups is 1. The number of likely N-dealkylation sites (N-methyl/N-ethyl adjacent to an activating group) is 1. The zero-order chi connectivity index (χ0) is 27.5. The Balaban J connectivity index is 1.43. The molecule has 1 saturated carbocycles. The largest absolute Gasteiger partial charge is 0.338 e. The molecule has 4 aliphatic rings. The van der Waals surface area contributed by atoms with E-state index in [2.05, 4.69) is 5.10 Å². The molecule has 1 fully saturated rings. The molecule has 1 aromatic heterocycles. The SMILES string of the molecule is CC(=O)N1CCc2c(c(N3CCCc4cc(C5C=NN(C)C5)c(C(F)F)cc43)nn2C2CCC(F)(F)CC2)C1. The lowest BCUT2D eigenvalue weighted by Crippen LogP contribution is -2.36. The van der Waals surface area contributed by atoms with Gasteiger partial charge in [-0.25, -0.2) is 17.6 Å². The van der Waals surface area contributed by atoms with Crippen LogP contribution in [0.5, 0.6) is 0 Å². The molecule has 0 N–H and O–H groups in total. The van der Waals surface area contributed by atoms with Crippen molar-refractivity contribution in [1.82, 2.24) is 19.7 Å². The van der Waals surface area contributed by atoms with Gasteiger partial charge in [-0.05, 0) is 42.9 Å². The van der Waals surface area contributed by atoms with E-state index in [9.17, 15) is 22.4 Å². The molecule has 210 valence electrons. The molecule has 2 aromatic rings. The minimum atomic E-state index is -2.65. The maximum Gasteiger partial charge on any atom is 0.264 e. The van der Waals surface area contributed by atoms with E-state index in [4.69, 9.17) is 5.10 Å². The number of alkyl halides is 4. The van der Waals surface area contributed by atoms with Crippen molar-refractivity contribution in [1.29, 1.82) is 0 Å². The summed E-state index contributed by atoms with van der Waals surface area (Å²) in [6.45, 7) is 3.62. The maximum absolute atomic E-state index is 14.4. The summed E-state index contributed by atoms with van der Waals surface area (Å²) < 4.78 is 58.6. The van der Waals surface area contributed by atoms with Gasteiger partial charge in [-0.1, -0.05) is 6.07 Å². The highest BCUT2D eigenvalue weighted by molar-refractivity contribution is 5.76. The van der Waals surface area contributed by atoms with Crippen LogP contribution in [0.3, 0.4) is 0 Å². The highest BCUT2D eigenvalue weighted by Crippen LogP contribution is 2.44. The van der Waals surface area contributed by atoms with Crippen molar-refractivity contribution in [3.05, 3.63) is 40.1 Å². The van der Waals surface area contributed by atoms with Crippen LogP contribution in [-0.2, 0) is 24.2 Å². The molecular formula is C28H34F4N6O. The number of aromatic nitrogens is 2. The van der Waals surface area contributed by atoms with Crippen LogP contribution in [0.15, 0.2) is 17.2 Å². The maximum atomic E-state index is 14.4. The number of carbonyl (C=O) groups excluding carboxylic acids is 1. The summed E-state index contributed by atoms with van der Waals surface area (Å²) in [5.41, 5.74) is 4.18. The Bertz CT molecular complexity index is 1300. The Morgan fingerprint density at radius 2 is 1.90 bits per heavy atom. The van der Waals surface area contributed by atoms with Crippen LogP contribution in [0, 0.1) is 0 Å². The summed E-state index contributed by atoms with van der Waals surface area (Å²) in [6, 6.07) is 3.38. The Hall–Kier alpha value is -3.11. The first kappa shape index (κ1) is 26.1. The van der Waals surface area contributed by atoms with Crippen LogP contribution >= 0.6 is 0 Å². The standard InChI is InChI=1S/C28H34F4N6O/c1-17(39)36-11-7-24-23(16-36)27(34-38(24)20-5-8-28(31,32)9-6-20)37-10-3-4-18-12-21(19-14-33-35(2)15-19)22(26(29)30)13-25(18)37/h12-14,19-20,26H,3-11,15-16H2,1-2H3. The van der Waals surface area contributed by atoms with E-state index in [1.807, 2.05) is 22.7 Å². The fourth-order valence-corrected chi connectivity index (χ4v) is 6.64. The molecule has 39 heavy (non-hydrogen) atoms. The third-order valence-electron chi connectivity index (χ3n) is 8.74. The average molecular weight is 547 g/mol. The fraction of sp³-hybridized carbons (Fsp3) is 0.607. The van der Waals surface area contributed by atoms with Crippen molar-refractivity contribution in [2.75, 3.05) is 31.6 Å². The van der Waals surface area contributed by atoms with Gasteiger partial charge >= 0.3 is 0 Å². The molecule has 1 unspecified atom stereocenters. The number of hydrogen-bond acceptors (Lipinski definition) is 5. The lowest BCUT2D eigenvalue weighted by molar-refractivity contribution is -0.129. The smallest absolute Gasteiger partial charge is 0.264 e. The van der Waals surface area contributed by atoms with E-state index < -0.39 is 12.3 Å². The van der Waals surface area contributed by atoms with Gasteiger partial charge in [-0.3, -0.25) is 14.5 Å². The molecular weight excluding hydrogens is 512 g/mol. The van der Waals surface area contributed by atoms with Crippen molar-refractivity contribution in [3.8, 4) is 0 Å². The van der Waals surface area contributed by atoms with Crippen molar-refractivity contribution in [2.24, 2.45) is 5.10 Å². The van der Waals surface area contributed by atoms with Gasteiger partial charge < -0.3 is 9.80 Å². The first-order valence-electron chi connectivity index (χ1n) is 13.8. The van der Waals surface area contributed by atoms with Crippen LogP contribution < -0.4 is 4.90 Å². The van der Waals surface area contributed by atoms with Crippen LogP contribution in [0.1, 0.15) is 85.4 Å². The molecule has 1 amide bonds. The molecule has 1 atom stereocenters. The number of anilines is 2. The van der Waals surface area contributed by atoms with E-state index in [0.29, 0.717) is 62.5 Å². The molecule has 1 aromatic carbocycles. The molecule has 11 heteroatoms. The summed E-state index contributed by atoms with van der Waals surface area (Å²) in [4.78, 5) is 16.1. The van der Waals surface area contributed by atoms with Crippen LogP contribution in [0.4, 0.5) is 29.1 Å². The van der Waals surface area contributed by atoms with E-state index >= 15 is 0 Å². The highest BCUT2D eigenvalue weighted by atomic mass is 19.3. The summed E-state index contributed by atoms with van der Waals surface area (Å²) in [7, 11) is 1.83. The van der Waals surface area contributed by atoms with Crippen molar-refractivity contribution < 1.29 is 22.4 Å². The Labute approximate surface area is 225 Å². The number of hydrogen-bond donors (Lipinski definition) is 0. The molecule has 4 heterocycles. The molecule has 7 nitrogen and oxygen atoms in total. The first-order valence-corrected chi connectivity index (χ1v) is 13.8. The molecule has 0 saturated heterocycles. The minimum Gasteiger partial charge on any atom is -0.338 e. The van der Waals surface area contributed by atoms with Gasteiger partial charge in [0.15, 0.2) is 5.82 Å². The normalized spacial score (nSPS) is 22.9. The number of halogens is 4. The fourth-order valence-electron chi connectivity index (χ4n) is 6.64. The third-order valence-corrected chi connectivity index (χ3v) is 8.74. The van der Waals surface area contributed by atoms with Gasteiger partial charge in [0.1, 0.15) is 0 Å². The monoisotopic (exact) mass is 546 g/mol. The van der Waals surface area contributed by atoms with E-state index in [1.54, 1.807) is 22.2 Å². The van der Waals surface area contributed by atoms with Crippen molar-refractivity contribution in [2.45, 2.75) is 82.7 Å². The minimum absolute atomic E-state index is 0.000532. The number of nitrogens with zero attached hydrogens (tertiary/aromatic N) is 6. The molecule has 0 spiro atoms. The second-order valence-corrected chi connectivity index (χ2v) is 11.3. The Morgan fingerprint density at radius 3 is 2.56 bits per heavy atom. The van der Waals surface area contributed by atoms with Gasteiger partial charge in [0.2, 0.25) is 11.8 Å². The number of benzene rings is 1. The predicted molar refractivity (Wildman–Crippen MR) is 140 cm³/mol. The molecule has 6 rings (SSSR count). The second kappa shape index (κ2) is 9.82. The lowest BCUT2D eigenvalue weighted by atomic mass is 9.89. The van der Waals surface area contributed by atoms with Gasteiger partial charge in [0.25, 0.3) is 6.43 Å². The second-order valence-electron chi connectivity index (χ2n) is 11.3. The molecule has 1 aliphatic carbocycles. The van der Waals surface area contributed by atoms with E-state index in [1.165, 1.54) is 6.92 Å². The Morgan fingerprint density at radius 1 is 1.13 bits per heavy atom. The van der Waals surface area contributed by atoms with Gasteiger partial charge in [0, 0.05) is 87.5 Å². The summed E-state index contributed by atoms with van der Waals surface area (Å²) in [6.07, 6.45) is 1.60. The molecule has 3 aliphatic heterocycles. The first-order chi connectivity index (χ1) is 18.6. The van der Waals surface area contributed by atoms with Crippen molar-refractivity contribution in [3.63, 3.8) is 0 Å². The zero-order valence-electron chi connectivity index (χ0n) is 22.3. The lowest BCUT2D eigenvalue weighted by Gasteiger charge is -2.33. The summed E-state index contributed by atoms with van der Waals surface area (Å²) in [5, 5.41) is 11.0. The number of aryl methyl sites for hydroxylation is 1. The van der Waals surface area contributed by atoms with Gasteiger partial charge in [-0.15, -0.1) is 0 Å². The van der Waals surface area contributed by atoms with Crippen LogP contribution in [0.2, 0.25) is 0 Å². The summed E-state index contributed by atoms with van der Waals surface area (Å²) >= 11 is 0. The quantitative estimate of drug-likeness (QED) is 0.471. The number of amides is 1. The third kappa shape index (κ3) is 4.78. The van der Waals surface area contributed by atoms with Gasteiger partial charge in [0.05, 0.1) is 12.6 Å². The number of hydrazone groups is 1. The molecule has 0 bridgehead atoms. The average Bonchev–Trinajstić information content (AvgIpc) is 3.51. The highest BCUT2D eigenvalue weighted by Gasteiger charge is 2.39. The predicted octanol–water partition coefficient (Wildman–Crippen LogP) is 5.57. The van der Waals surface area contributed by atoms with Crippen LogP contribution in [0.25, 0.3) is 0 Å². The van der Waals surface area contributed by atoms with E-state index in [-0.39, 0.29) is 36.3 Å². The van der Waals surface area contributed by atoms with E-state index in [0.717, 1.165) is 29.7 Å².